The smallest absolute Gasteiger partial charge is 0.162 e. The molecule has 64 valence electrons. The molecule has 0 fully saturated rings. The molecule has 2 rings (SSSR count). The van der Waals surface area contributed by atoms with Gasteiger partial charge in [-0.3, -0.25) is 4.79 Å². The van der Waals surface area contributed by atoms with Crippen molar-refractivity contribution < 1.29 is 9.90 Å². The summed E-state index contributed by atoms with van der Waals surface area (Å²) in [6.45, 7) is 1.78. The zero-order valence-corrected chi connectivity index (χ0v) is 7.03. The molecule has 1 N–H and O–H groups in total. The van der Waals surface area contributed by atoms with Gasteiger partial charge in [-0.05, 0) is 19.4 Å². The Bertz CT molecular complexity index is 274. The molecule has 3 unspecified atom stereocenters. The van der Waals surface area contributed by atoms with E-state index in [4.69, 9.17) is 0 Å². The highest BCUT2D eigenvalue weighted by Crippen LogP contribution is 2.35. The molecule has 3 atom stereocenters. The second-order valence-corrected chi connectivity index (χ2v) is 3.80. The van der Waals surface area contributed by atoms with Crippen LogP contribution in [0.3, 0.4) is 0 Å². The van der Waals surface area contributed by atoms with Gasteiger partial charge in [0.1, 0.15) is 0 Å². The Morgan fingerprint density at radius 1 is 1.58 bits per heavy atom. The molecule has 2 bridgehead atoms. The number of carbonyl (C=O) groups is 1. The summed E-state index contributed by atoms with van der Waals surface area (Å²) in [5.41, 5.74) is -0.756. The lowest BCUT2D eigenvalue weighted by atomic mass is 9.72. The van der Waals surface area contributed by atoms with Crippen molar-refractivity contribution in [2.24, 2.45) is 11.8 Å². The van der Waals surface area contributed by atoms with Gasteiger partial charge in [-0.25, -0.2) is 0 Å². The third-order valence-electron chi connectivity index (χ3n) is 2.78. The Hall–Kier alpha value is -0.890. The van der Waals surface area contributed by atoms with Crippen molar-refractivity contribution in [3.63, 3.8) is 0 Å². The second kappa shape index (κ2) is 2.30. The molecule has 2 aliphatic carbocycles. The second-order valence-electron chi connectivity index (χ2n) is 3.80. The van der Waals surface area contributed by atoms with Crippen LogP contribution >= 0.6 is 0 Å². The number of allylic oxidation sites excluding steroid dienone is 2. The fraction of sp³-hybridized carbons (Fsp3) is 0.500. The maximum absolute atomic E-state index is 11.2. The van der Waals surface area contributed by atoms with Gasteiger partial charge in [-0.15, -0.1) is 0 Å². The van der Waals surface area contributed by atoms with Crippen LogP contribution in [0.4, 0.5) is 0 Å². The van der Waals surface area contributed by atoms with Crippen molar-refractivity contribution in [3.8, 4) is 0 Å². The Kier molecular flexibility index (Phi) is 1.48. The van der Waals surface area contributed by atoms with Gasteiger partial charge in [0.05, 0.1) is 5.60 Å². The van der Waals surface area contributed by atoms with Gasteiger partial charge in [0.2, 0.25) is 0 Å². The van der Waals surface area contributed by atoms with E-state index < -0.39 is 5.60 Å². The molecule has 0 aliphatic heterocycles. The van der Waals surface area contributed by atoms with Gasteiger partial charge >= 0.3 is 0 Å². The monoisotopic (exact) mass is 164 g/mol. The van der Waals surface area contributed by atoms with Crippen LogP contribution in [0.2, 0.25) is 0 Å². The van der Waals surface area contributed by atoms with Crippen molar-refractivity contribution in [1.29, 1.82) is 0 Å². The lowest BCUT2D eigenvalue weighted by Crippen LogP contribution is -2.39. The first-order chi connectivity index (χ1) is 5.59. The van der Waals surface area contributed by atoms with Crippen LogP contribution in [0.5, 0.6) is 0 Å². The average molecular weight is 164 g/mol. The third-order valence-corrected chi connectivity index (χ3v) is 2.78. The SMILES string of the molecule is CC1(O)C=CC2CC1C=CC2=O. The highest BCUT2D eigenvalue weighted by Gasteiger charge is 2.37. The molecule has 0 saturated carbocycles. The lowest BCUT2D eigenvalue weighted by Gasteiger charge is -2.36. The fourth-order valence-electron chi connectivity index (χ4n) is 1.84. The Labute approximate surface area is 71.6 Å². The zero-order valence-electron chi connectivity index (χ0n) is 7.03. The lowest BCUT2D eigenvalue weighted by molar-refractivity contribution is -0.118. The molecule has 0 heterocycles. The van der Waals surface area contributed by atoms with Crippen molar-refractivity contribution in [1.82, 2.24) is 0 Å². The number of hydrogen-bond acceptors (Lipinski definition) is 2. The van der Waals surface area contributed by atoms with Gasteiger partial charge in [0, 0.05) is 11.8 Å². The molecule has 0 aromatic rings. The van der Waals surface area contributed by atoms with E-state index in [1.54, 1.807) is 19.1 Å². The topological polar surface area (TPSA) is 37.3 Å². The van der Waals surface area contributed by atoms with Crippen LogP contribution in [0, 0.1) is 11.8 Å². The molecule has 2 heteroatoms. The maximum Gasteiger partial charge on any atom is 0.162 e. The highest BCUT2D eigenvalue weighted by atomic mass is 16.3. The average Bonchev–Trinajstić information content (AvgIpc) is 2.02. The summed E-state index contributed by atoms with van der Waals surface area (Å²) in [5, 5.41) is 9.82. The van der Waals surface area contributed by atoms with Gasteiger partial charge in [-0.2, -0.15) is 0 Å². The first-order valence-electron chi connectivity index (χ1n) is 4.23. The summed E-state index contributed by atoms with van der Waals surface area (Å²) >= 11 is 0. The van der Waals surface area contributed by atoms with Gasteiger partial charge in [0.15, 0.2) is 5.78 Å². The number of hydrogen-bond donors (Lipinski definition) is 1. The Morgan fingerprint density at radius 2 is 2.33 bits per heavy atom. The number of carbonyl (C=O) groups excluding carboxylic acids is 1. The molecule has 0 saturated heterocycles. The molecule has 0 aromatic carbocycles. The molecule has 0 aromatic heterocycles. The molecule has 0 spiro atoms. The van der Waals surface area contributed by atoms with E-state index in [0.29, 0.717) is 0 Å². The summed E-state index contributed by atoms with van der Waals surface area (Å²) in [7, 11) is 0. The molecule has 0 amide bonds. The van der Waals surface area contributed by atoms with Crippen molar-refractivity contribution in [3.05, 3.63) is 24.3 Å². The third kappa shape index (κ3) is 1.03. The van der Waals surface area contributed by atoms with Crippen LogP contribution in [0.25, 0.3) is 0 Å². The van der Waals surface area contributed by atoms with Gasteiger partial charge in [0.25, 0.3) is 0 Å². The zero-order chi connectivity index (χ0) is 8.77. The summed E-state index contributed by atoms with van der Waals surface area (Å²) < 4.78 is 0. The van der Waals surface area contributed by atoms with Crippen LogP contribution in [-0.4, -0.2) is 16.5 Å². The predicted molar refractivity (Wildman–Crippen MR) is 45.5 cm³/mol. The minimum absolute atomic E-state index is 0.0141. The van der Waals surface area contributed by atoms with Crippen molar-refractivity contribution >= 4 is 5.78 Å². The fourth-order valence-corrected chi connectivity index (χ4v) is 1.84. The van der Waals surface area contributed by atoms with E-state index in [2.05, 4.69) is 0 Å². The first kappa shape index (κ1) is 7.74. The van der Waals surface area contributed by atoms with Crippen LogP contribution in [0.15, 0.2) is 24.3 Å². The van der Waals surface area contributed by atoms with Gasteiger partial charge < -0.3 is 5.11 Å². The Balaban J connectivity index is 2.37. The van der Waals surface area contributed by atoms with Crippen molar-refractivity contribution in [2.75, 3.05) is 0 Å². The molecular weight excluding hydrogens is 152 g/mol. The van der Waals surface area contributed by atoms with Crippen molar-refractivity contribution in [2.45, 2.75) is 18.9 Å². The van der Waals surface area contributed by atoms with Gasteiger partial charge in [-0.1, -0.05) is 18.2 Å². The quantitative estimate of drug-likeness (QED) is 0.544. The van der Waals surface area contributed by atoms with Crippen LogP contribution in [-0.2, 0) is 4.79 Å². The first-order valence-corrected chi connectivity index (χ1v) is 4.23. The maximum atomic E-state index is 11.2. The molecule has 2 aliphatic rings. The Morgan fingerprint density at radius 3 is 3.08 bits per heavy atom. The van der Waals surface area contributed by atoms with E-state index in [1.165, 1.54) is 0 Å². The summed E-state index contributed by atoms with van der Waals surface area (Å²) in [4.78, 5) is 11.2. The predicted octanol–water partition coefficient (Wildman–Crippen LogP) is 1.07. The summed E-state index contributed by atoms with van der Waals surface area (Å²) in [5.74, 6) is 0.295. The summed E-state index contributed by atoms with van der Waals surface area (Å²) in [6.07, 6.45) is 7.74. The number of fused-ring (bicyclic) bond motifs is 2. The van der Waals surface area contributed by atoms with E-state index in [9.17, 15) is 9.90 Å². The molecular formula is C10H12O2. The number of ketones is 1. The standard InChI is InChI=1S/C10H12O2/c1-10(12)5-4-7-6-8(10)2-3-9(7)11/h2-5,7-8,12H,6H2,1H3. The van der Waals surface area contributed by atoms with E-state index >= 15 is 0 Å². The number of aliphatic hydroxyl groups is 1. The molecule has 2 nitrogen and oxygen atoms in total. The van der Waals surface area contributed by atoms with Crippen LogP contribution in [0.1, 0.15) is 13.3 Å². The normalized spacial score (nSPS) is 45.0. The minimum atomic E-state index is -0.756. The van der Waals surface area contributed by atoms with E-state index in [1.807, 2.05) is 12.2 Å². The largest absolute Gasteiger partial charge is 0.385 e. The molecule has 0 radical (unpaired) electrons. The summed E-state index contributed by atoms with van der Waals surface area (Å²) in [6, 6.07) is 0. The van der Waals surface area contributed by atoms with E-state index in [-0.39, 0.29) is 17.6 Å². The molecule has 12 heavy (non-hydrogen) atoms. The van der Waals surface area contributed by atoms with Crippen LogP contribution < -0.4 is 0 Å². The van der Waals surface area contributed by atoms with E-state index in [0.717, 1.165) is 6.42 Å². The highest BCUT2D eigenvalue weighted by molar-refractivity contribution is 5.94. The minimum Gasteiger partial charge on any atom is -0.385 e. The number of rotatable bonds is 0.